The van der Waals surface area contributed by atoms with Crippen LogP contribution in [0.5, 0.6) is 5.88 Å². The molecule has 1 saturated carbocycles. The summed E-state index contributed by atoms with van der Waals surface area (Å²) < 4.78 is 9.37. The van der Waals surface area contributed by atoms with Crippen molar-refractivity contribution >= 4 is 23.8 Å². The highest BCUT2D eigenvalue weighted by Gasteiger charge is 2.27. The Kier molecular flexibility index (Phi) is 5.74. The van der Waals surface area contributed by atoms with E-state index in [1.54, 1.807) is 0 Å². The molecule has 2 heterocycles. The highest BCUT2D eigenvalue weighted by atomic mass is 32.2. The largest absolute Gasteiger partial charge is 0.475 e. The Bertz CT molecular complexity index is 1140. The number of ether oxygens (including phenoxy) is 1. The average molecular weight is 447 g/mol. The molecule has 1 aliphatic heterocycles. The number of hydrogen-bond donors (Lipinski definition) is 2. The Hall–Kier alpha value is -3.06. The highest BCUT2D eigenvalue weighted by Crippen LogP contribution is 2.34. The Morgan fingerprint density at radius 1 is 1.06 bits per heavy atom. The van der Waals surface area contributed by atoms with Crippen molar-refractivity contribution in [3.05, 3.63) is 65.2 Å². The molecule has 1 fully saturated rings. The van der Waals surface area contributed by atoms with Gasteiger partial charge in [0.05, 0.1) is 11.7 Å². The van der Waals surface area contributed by atoms with Gasteiger partial charge in [0.2, 0.25) is 11.8 Å². The van der Waals surface area contributed by atoms with Gasteiger partial charge in [-0.3, -0.25) is 9.52 Å². The van der Waals surface area contributed by atoms with Crippen LogP contribution in [-0.2, 0) is 0 Å². The molecule has 7 heteroatoms. The molecule has 0 radical (unpaired) electrons. The minimum atomic E-state index is -0.0741. The topological polar surface area (TPSA) is 76.1 Å². The second kappa shape index (κ2) is 8.82. The van der Waals surface area contributed by atoms with Gasteiger partial charge in [-0.15, -0.1) is 0 Å². The zero-order chi connectivity index (χ0) is 22.1. The summed E-state index contributed by atoms with van der Waals surface area (Å²) in [6.45, 7) is 4.54. The normalized spacial score (nSPS) is 18.3. The molecule has 2 aromatic carbocycles. The molecular weight excluding hydrogens is 420 g/mol. The molecule has 2 aliphatic rings. The van der Waals surface area contributed by atoms with Crippen molar-refractivity contribution in [2.75, 3.05) is 11.3 Å². The number of benzene rings is 2. The van der Waals surface area contributed by atoms with Gasteiger partial charge in [-0.1, -0.05) is 37.1 Å². The first-order valence-electron chi connectivity index (χ1n) is 11.0. The fourth-order valence-corrected chi connectivity index (χ4v) is 4.71. The van der Waals surface area contributed by atoms with E-state index in [0.717, 1.165) is 33.7 Å². The third-order valence-electron chi connectivity index (χ3n) is 5.88. The molecule has 1 amide bonds. The van der Waals surface area contributed by atoms with Gasteiger partial charge in [-0.05, 0) is 67.5 Å². The molecule has 1 atom stereocenters. The molecule has 0 spiro atoms. The van der Waals surface area contributed by atoms with Crippen LogP contribution in [0, 0.1) is 19.8 Å². The van der Waals surface area contributed by atoms with Crippen molar-refractivity contribution in [3.63, 3.8) is 0 Å². The Morgan fingerprint density at radius 3 is 2.62 bits per heavy atom. The van der Waals surface area contributed by atoms with Crippen LogP contribution in [0.1, 0.15) is 40.7 Å². The minimum Gasteiger partial charge on any atom is -0.475 e. The number of fused-ring (bicyclic) bond motifs is 4. The summed E-state index contributed by atoms with van der Waals surface area (Å²) in [5.74, 6) is 1.57. The standard InChI is InChI=1S/C25H26N4O2S/c1-15-5-3-6-16(2)23(15)21-13-22-28-25(27-21)29-32-20-8-4-7-18(12-20)24(30)26-19(14-31-22)11-17-9-10-17/h3-8,12-13,17,19H,9-11,14H2,1-2H3,(H,26,30)(H,27,28,29)/t19-/m1/s1. The lowest BCUT2D eigenvalue weighted by Gasteiger charge is -2.19. The van der Waals surface area contributed by atoms with E-state index in [1.807, 2.05) is 30.3 Å². The van der Waals surface area contributed by atoms with Gasteiger partial charge in [0.1, 0.15) is 6.61 Å². The third kappa shape index (κ3) is 4.72. The van der Waals surface area contributed by atoms with E-state index in [9.17, 15) is 4.79 Å². The summed E-state index contributed by atoms with van der Waals surface area (Å²) in [5.41, 5.74) is 4.85. The summed E-state index contributed by atoms with van der Waals surface area (Å²) in [6.07, 6.45) is 3.35. The molecule has 164 valence electrons. The summed E-state index contributed by atoms with van der Waals surface area (Å²) >= 11 is 1.38. The van der Waals surface area contributed by atoms with Gasteiger partial charge >= 0.3 is 0 Å². The fraction of sp³-hybridized carbons (Fsp3) is 0.320. The van der Waals surface area contributed by atoms with Gasteiger partial charge in [-0.2, -0.15) is 4.98 Å². The number of anilines is 1. The quantitative estimate of drug-likeness (QED) is 0.541. The van der Waals surface area contributed by atoms with Gasteiger partial charge in [0.25, 0.3) is 5.91 Å². The molecule has 1 aliphatic carbocycles. The molecular formula is C25H26N4O2S. The number of nitrogens with zero attached hydrogens (tertiary/aromatic N) is 2. The maximum Gasteiger partial charge on any atom is 0.251 e. The van der Waals surface area contributed by atoms with Crippen LogP contribution >= 0.6 is 11.9 Å². The maximum absolute atomic E-state index is 12.9. The molecule has 5 rings (SSSR count). The third-order valence-corrected chi connectivity index (χ3v) is 6.65. The summed E-state index contributed by atoms with van der Waals surface area (Å²) in [4.78, 5) is 23.2. The zero-order valence-corrected chi connectivity index (χ0v) is 19.0. The maximum atomic E-state index is 12.9. The van der Waals surface area contributed by atoms with Crippen molar-refractivity contribution in [1.82, 2.24) is 15.3 Å². The molecule has 4 bridgehead atoms. The second-order valence-corrected chi connectivity index (χ2v) is 9.45. The van der Waals surface area contributed by atoms with E-state index < -0.39 is 0 Å². The van der Waals surface area contributed by atoms with Gasteiger partial charge in [0, 0.05) is 22.1 Å². The molecule has 32 heavy (non-hydrogen) atoms. The number of nitrogens with one attached hydrogen (secondary N) is 2. The van der Waals surface area contributed by atoms with Crippen molar-refractivity contribution in [1.29, 1.82) is 0 Å². The average Bonchev–Trinajstić information content (AvgIpc) is 3.60. The number of amides is 1. The van der Waals surface area contributed by atoms with Crippen LogP contribution in [0.3, 0.4) is 0 Å². The van der Waals surface area contributed by atoms with E-state index in [4.69, 9.17) is 9.72 Å². The Labute approximate surface area is 192 Å². The first-order valence-corrected chi connectivity index (χ1v) is 11.8. The molecule has 1 aromatic heterocycles. The van der Waals surface area contributed by atoms with Crippen LogP contribution in [0.15, 0.2) is 53.4 Å². The van der Waals surface area contributed by atoms with Gasteiger partial charge in [-0.25, -0.2) is 4.98 Å². The van der Waals surface area contributed by atoms with Gasteiger partial charge in [0.15, 0.2) is 0 Å². The summed E-state index contributed by atoms with van der Waals surface area (Å²) in [5, 5.41) is 3.17. The molecule has 2 N–H and O–H groups in total. The fourth-order valence-electron chi connectivity index (χ4n) is 4.08. The predicted octanol–water partition coefficient (Wildman–Crippen LogP) is 5.17. The highest BCUT2D eigenvalue weighted by molar-refractivity contribution is 8.00. The van der Waals surface area contributed by atoms with Crippen LogP contribution < -0.4 is 14.8 Å². The lowest BCUT2D eigenvalue weighted by Crippen LogP contribution is -2.39. The zero-order valence-electron chi connectivity index (χ0n) is 18.2. The SMILES string of the molecule is Cc1cccc(C)c1-c1cc2nc(n1)NSc1cccc(c1)C(=O)N[C@H](CC1CC1)CO2. The van der Waals surface area contributed by atoms with E-state index in [2.05, 4.69) is 47.1 Å². The van der Waals surface area contributed by atoms with Gasteiger partial charge < -0.3 is 10.1 Å². The van der Waals surface area contributed by atoms with Crippen molar-refractivity contribution in [2.45, 2.75) is 44.0 Å². The molecule has 0 saturated heterocycles. The number of carbonyl (C=O) groups is 1. The number of aryl methyl sites for hydroxylation is 2. The van der Waals surface area contributed by atoms with Crippen molar-refractivity contribution in [3.8, 4) is 17.1 Å². The smallest absolute Gasteiger partial charge is 0.251 e. The molecule has 3 aromatic rings. The predicted molar refractivity (Wildman–Crippen MR) is 127 cm³/mol. The van der Waals surface area contributed by atoms with Crippen LogP contribution in [0.4, 0.5) is 5.95 Å². The van der Waals surface area contributed by atoms with Crippen molar-refractivity contribution < 1.29 is 9.53 Å². The monoisotopic (exact) mass is 446 g/mol. The van der Waals surface area contributed by atoms with Crippen LogP contribution in [0.25, 0.3) is 11.3 Å². The van der Waals surface area contributed by atoms with Crippen LogP contribution in [-0.4, -0.2) is 28.5 Å². The van der Waals surface area contributed by atoms with Crippen LogP contribution in [0.2, 0.25) is 0 Å². The minimum absolute atomic E-state index is 0.0675. The van der Waals surface area contributed by atoms with Crippen molar-refractivity contribution in [2.24, 2.45) is 5.92 Å². The van der Waals surface area contributed by atoms with E-state index in [1.165, 1.54) is 24.8 Å². The van der Waals surface area contributed by atoms with E-state index in [0.29, 0.717) is 29.9 Å². The number of hydrogen-bond acceptors (Lipinski definition) is 6. The first-order chi connectivity index (χ1) is 15.5. The lowest BCUT2D eigenvalue weighted by molar-refractivity contribution is 0.0915. The summed E-state index contributed by atoms with van der Waals surface area (Å²) in [7, 11) is 0. The summed E-state index contributed by atoms with van der Waals surface area (Å²) in [6, 6.07) is 15.6. The Balaban J connectivity index is 1.53. The second-order valence-electron chi connectivity index (χ2n) is 8.57. The van der Waals surface area contributed by atoms with E-state index >= 15 is 0 Å². The van der Waals surface area contributed by atoms with E-state index in [-0.39, 0.29) is 11.9 Å². The number of aromatic nitrogens is 2. The number of carbonyl (C=O) groups excluding carboxylic acids is 1. The first kappa shape index (κ1) is 20.8. The molecule has 0 unspecified atom stereocenters. The Morgan fingerprint density at radius 2 is 1.84 bits per heavy atom. The number of rotatable bonds is 3. The lowest BCUT2D eigenvalue weighted by atomic mass is 10.00. The molecule has 6 nitrogen and oxygen atoms in total.